The van der Waals surface area contributed by atoms with Crippen LogP contribution in [0.5, 0.6) is 0 Å². The topological polar surface area (TPSA) is 42.2 Å². The van der Waals surface area contributed by atoms with Crippen LogP contribution < -0.4 is 10.6 Å². The van der Waals surface area contributed by atoms with Crippen LogP contribution >= 0.6 is 0 Å². The molecule has 23 heavy (non-hydrogen) atoms. The molecule has 2 aromatic carbocycles. The van der Waals surface area contributed by atoms with Gasteiger partial charge < -0.3 is 10.6 Å². The summed E-state index contributed by atoms with van der Waals surface area (Å²) >= 11 is 0. The molecule has 0 saturated heterocycles. The van der Waals surface area contributed by atoms with Gasteiger partial charge in [0.25, 0.3) is 0 Å². The minimum atomic E-state index is 0.781. The number of aryl methyl sites for hydroxylation is 1. The van der Waals surface area contributed by atoms with Crippen LogP contribution in [0.4, 0.5) is 11.4 Å². The molecule has 2 N–H and O–H groups in total. The molecule has 0 aliphatic rings. The van der Waals surface area contributed by atoms with Crippen molar-refractivity contribution in [3.63, 3.8) is 0 Å². The molecule has 0 fully saturated rings. The van der Waals surface area contributed by atoms with Gasteiger partial charge in [0, 0.05) is 35.5 Å². The molecule has 0 aliphatic heterocycles. The zero-order valence-corrected chi connectivity index (χ0v) is 14.0. The molecule has 0 saturated carbocycles. The van der Waals surface area contributed by atoms with Gasteiger partial charge in [-0.15, -0.1) is 0 Å². The number of hydrogen-bond acceptors (Lipinski definition) is 3. The standard InChI is InChI=1S/C20H23N3/c1-4-23(5-2)20-11-14(3)22-19-13-16(9-10-18(19)20)15-7-6-8-17(21)12-15/h6-13H,4-5,21H2,1-3H3. The summed E-state index contributed by atoms with van der Waals surface area (Å²) in [7, 11) is 0. The maximum Gasteiger partial charge on any atom is 0.0732 e. The fourth-order valence-electron chi connectivity index (χ4n) is 3.06. The Morgan fingerprint density at radius 1 is 0.957 bits per heavy atom. The van der Waals surface area contributed by atoms with E-state index >= 15 is 0 Å². The molecule has 0 bridgehead atoms. The van der Waals surface area contributed by atoms with Gasteiger partial charge in [-0.05, 0) is 56.2 Å². The van der Waals surface area contributed by atoms with Gasteiger partial charge in [0.2, 0.25) is 0 Å². The highest BCUT2D eigenvalue weighted by molar-refractivity contribution is 5.94. The number of rotatable bonds is 4. The molecule has 0 unspecified atom stereocenters. The maximum absolute atomic E-state index is 5.91. The highest BCUT2D eigenvalue weighted by atomic mass is 15.1. The second-order valence-corrected chi connectivity index (χ2v) is 5.81. The number of aromatic nitrogens is 1. The van der Waals surface area contributed by atoms with Crippen LogP contribution in [0, 0.1) is 6.92 Å². The van der Waals surface area contributed by atoms with Crippen molar-refractivity contribution >= 4 is 22.3 Å². The molecule has 0 radical (unpaired) electrons. The first-order valence-corrected chi connectivity index (χ1v) is 8.14. The zero-order valence-electron chi connectivity index (χ0n) is 14.0. The van der Waals surface area contributed by atoms with Crippen LogP contribution in [-0.4, -0.2) is 18.1 Å². The van der Waals surface area contributed by atoms with Crippen molar-refractivity contribution in [3.05, 3.63) is 54.2 Å². The van der Waals surface area contributed by atoms with E-state index in [1.807, 2.05) is 18.2 Å². The summed E-state index contributed by atoms with van der Waals surface area (Å²) in [6.07, 6.45) is 0. The van der Waals surface area contributed by atoms with Crippen molar-refractivity contribution in [2.45, 2.75) is 20.8 Å². The number of fused-ring (bicyclic) bond motifs is 1. The number of pyridine rings is 1. The summed E-state index contributed by atoms with van der Waals surface area (Å²) in [5, 5.41) is 1.20. The van der Waals surface area contributed by atoms with Crippen molar-refractivity contribution in [3.8, 4) is 11.1 Å². The van der Waals surface area contributed by atoms with E-state index in [0.717, 1.165) is 41.1 Å². The van der Waals surface area contributed by atoms with Gasteiger partial charge >= 0.3 is 0 Å². The Balaban J connectivity index is 2.17. The van der Waals surface area contributed by atoms with E-state index in [1.165, 1.54) is 11.1 Å². The molecule has 1 heterocycles. The van der Waals surface area contributed by atoms with Crippen molar-refractivity contribution in [1.82, 2.24) is 4.98 Å². The maximum atomic E-state index is 5.91. The van der Waals surface area contributed by atoms with Gasteiger partial charge in [0.1, 0.15) is 0 Å². The molecule has 0 spiro atoms. The van der Waals surface area contributed by atoms with Crippen molar-refractivity contribution in [2.75, 3.05) is 23.7 Å². The van der Waals surface area contributed by atoms with Crippen LogP contribution in [0.15, 0.2) is 48.5 Å². The molecule has 0 atom stereocenters. The number of nitrogens with two attached hydrogens (primary N) is 1. The minimum Gasteiger partial charge on any atom is -0.399 e. The Morgan fingerprint density at radius 3 is 2.39 bits per heavy atom. The first-order valence-electron chi connectivity index (χ1n) is 8.14. The molecule has 0 amide bonds. The van der Waals surface area contributed by atoms with Crippen LogP contribution in [0.25, 0.3) is 22.0 Å². The van der Waals surface area contributed by atoms with Gasteiger partial charge in [0.05, 0.1) is 5.52 Å². The normalized spacial score (nSPS) is 10.9. The summed E-state index contributed by atoms with van der Waals surface area (Å²) in [6.45, 7) is 8.41. The highest BCUT2D eigenvalue weighted by Crippen LogP contribution is 2.31. The van der Waals surface area contributed by atoms with Gasteiger partial charge in [-0.3, -0.25) is 4.98 Å². The summed E-state index contributed by atoms with van der Waals surface area (Å²) in [5.74, 6) is 0. The quantitative estimate of drug-likeness (QED) is 0.714. The van der Waals surface area contributed by atoms with Crippen LogP contribution in [0.3, 0.4) is 0 Å². The second-order valence-electron chi connectivity index (χ2n) is 5.81. The van der Waals surface area contributed by atoms with Crippen molar-refractivity contribution in [1.29, 1.82) is 0 Å². The van der Waals surface area contributed by atoms with Crippen LogP contribution in [-0.2, 0) is 0 Å². The van der Waals surface area contributed by atoms with E-state index in [4.69, 9.17) is 10.7 Å². The Kier molecular flexibility index (Phi) is 4.20. The lowest BCUT2D eigenvalue weighted by Gasteiger charge is -2.23. The lowest BCUT2D eigenvalue weighted by molar-refractivity contribution is 0.868. The second kappa shape index (κ2) is 6.29. The molecule has 3 heteroatoms. The van der Waals surface area contributed by atoms with Gasteiger partial charge in [0.15, 0.2) is 0 Å². The Hall–Kier alpha value is -2.55. The third-order valence-corrected chi connectivity index (χ3v) is 4.24. The minimum absolute atomic E-state index is 0.781. The molecule has 3 nitrogen and oxygen atoms in total. The lowest BCUT2D eigenvalue weighted by atomic mass is 10.0. The average molecular weight is 305 g/mol. The first-order chi connectivity index (χ1) is 11.1. The molecule has 1 aromatic heterocycles. The number of benzene rings is 2. The molecule has 0 aliphatic carbocycles. The Morgan fingerprint density at radius 2 is 1.70 bits per heavy atom. The van der Waals surface area contributed by atoms with E-state index in [-0.39, 0.29) is 0 Å². The van der Waals surface area contributed by atoms with E-state index in [9.17, 15) is 0 Å². The fourth-order valence-corrected chi connectivity index (χ4v) is 3.06. The molecule has 3 rings (SSSR count). The molecular weight excluding hydrogens is 282 g/mol. The summed E-state index contributed by atoms with van der Waals surface area (Å²) in [5.41, 5.74) is 12.3. The molecule has 118 valence electrons. The fraction of sp³-hybridized carbons (Fsp3) is 0.250. The predicted octanol–water partition coefficient (Wildman–Crippen LogP) is 4.64. The largest absolute Gasteiger partial charge is 0.399 e. The monoisotopic (exact) mass is 305 g/mol. The zero-order chi connectivity index (χ0) is 16.4. The number of anilines is 2. The van der Waals surface area contributed by atoms with Crippen molar-refractivity contribution < 1.29 is 0 Å². The first kappa shape index (κ1) is 15.3. The molecular formula is C20H23N3. The summed E-state index contributed by atoms with van der Waals surface area (Å²) < 4.78 is 0. The van der Waals surface area contributed by atoms with E-state index in [1.54, 1.807) is 0 Å². The Bertz CT molecular complexity index is 835. The van der Waals surface area contributed by atoms with Gasteiger partial charge in [-0.2, -0.15) is 0 Å². The molecule has 3 aromatic rings. The highest BCUT2D eigenvalue weighted by Gasteiger charge is 2.10. The number of nitrogens with zero attached hydrogens (tertiary/aromatic N) is 2. The van der Waals surface area contributed by atoms with Crippen molar-refractivity contribution in [2.24, 2.45) is 0 Å². The SMILES string of the molecule is CCN(CC)c1cc(C)nc2cc(-c3cccc(N)c3)ccc12. The van der Waals surface area contributed by atoms with E-state index in [2.05, 4.69) is 56.0 Å². The number of nitrogen functional groups attached to an aromatic ring is 1. The van der Waals surface area contributed by atoms with E-state index < -0.39 is 0 Å². The van der Waals surface area contributed by atoms with Crippen LogP contribution in [0.1, 0.15) is 19.5 Å². The lowest BCUT2D eigenvalue weighted by Crippen LogP contribution is -2.22. The van der Waals surface area contributed by atoms with Crippen LogP contribution in [0.2, 0.25) is 0 Å². The number of hydrogen-bond donors (Lipinski definition) is 1. The van der Waals surface area contributed by atoms with E-state index in [0.29, 0.717) is 0 Å². The predicted molar refractivity (Wildman–Crippen MR) is 99.9 cm³/mol. The third kappa shape index (κ3) is 3.00. The third-order valence-electron chi connectivity index (χ3n) is 4.24. The summed E-state index contributed by atoms with van der Waals surface area (Å²) in [6, 6.07) is 16.6. The summed E-state index contributed by atoms with van der Waals surface area (Å²) in [4.78, 5) is 7.11. The van der Waals surface area contributed by atoms with Gasteiger partial charge in [-0.1, -0.05) is 24.3 Å². The average Bonchev–Trinajstić information content (AvgIpc) is 2.55. The Labute approximate surface area is 137 Å². The smallest absolute Gasteiger partial charge is 0.0732 e. The van der Waals surface area contributed by atoms with Gasteiger partial charge in [-0.25, -0.2) is 0 Å².